The van der Waals surface area contributed by atoms with E-state index in [1.54, 1.807) is 13.8 Å². The summed E-state index contributed by atoms with van der Waals surface area (Å²) in [5.41, 5.74) is 0.0691. The van der Waals surface area contributed by atoms with Crippen molar-refractivity contribution in [1.29, 1.82) is 0 Å². The number of carbonyl (C=O) groups is 1. The number of rotatable bonds is 6. The lowest BCUT2D eigenvalue weighted by molar-refractivity contribution is -0.385. The van der Waals surface area contributed by atoms with E-state index in [1.165, 1.54) is 25.3 Å². The summed E-state index contributed by atoms with van der Waals surface area (Å²) in [6.07, 6.45) is -1.12. The Kier molecular flexibility index (Phi) is 8.14. The summed E-state index contributed by atoms with van der Waals surface area (Å²) >= 11 is 22.7. The molecule has 0 heterocycles. The van der Waals surface area contributed by atoms with E-state index in [2.05, 4.69) is 16.0 Å². The van der Waals surface area contributed by atoms with Crippen molar-refractivity contribution in [2.24, 2.45) is 5.92 Å². The molecule has 0 saturated carbocycles. The minimum Gasteiger partial charge on any atom is -0.490 e. The average Bonchev–Trinajstić information content (AvgIpc) is 2.52. The second-order valence-electron chi connectivity index (χ2n) is 5.38. The van der Waals surface area contributed by atoms with Gasteiger partial charge in [-0.15, -0.1) is 0 Å². The molecule has 1 unspecified atom stereocenters. The minimum atomic E-state index is -1.89. The Labute approximate surface area is 170 Å². The van der Waals surface area contributed by atoms with Gasteiger partial charge in [0.1, 0.15) is 6.17 Å². The van der Waals surface area contributed by atoms with Gasteiger partial charge in [0.25, 0.3) is 0 Å². The van der Waals surface area contributed by atoms with Gasteiger partial charge in [0.15, 0.2) is 10.9 Å². The second-order valence-corrected chi connectivity index (χ2v) is 8.16. The van der Waals surface area contributed by atoms with Crippen LogP contribution < -0.4 is 20.7 Å². The Hall–Kier alpha value is -1.55. The van der Waals surface area contributed by atoms with Gasteiger partial charge in [0.05, 0.1) is 12.0 Å². The molecule has 1 amide bonds. The monoisotopic (exact) mass is 442 g/mol. The molecule has 0 aliphatic carbocycles. The molecule has 26 heavy (non-hydrogen) atoms. The molecule has 1 atom stereocenters. The quantitative estimate of drug-likeness (QED) is 0.203. The first-order valence-corrected chi connectivity index (χ1v) is 8.77. The maximum atomic E-state index is 11.9. The highest BCUT2D eigenvalue weighted by Gasteiger charge is 2.35. The number of hydrogen-bond donors (Lipinski definition) is 3. The Morgan fingerprint density at radius 1 is 1.31 bits per heavy atom. The average molecular weight is 444 g/mol. The first-order chi connectivity index (χ1) is 12.0. The Balaban J connectivity index is 2.90. The van der Waals surface area contributed by atoms with Crippen LogP contribution in [0, 0.1) is 16.0 Å². The van der Waals surface area contributed by atoms with Gasteiger partial charge in [0.2, 0.25) is 9.70 Å². The van der Waals surface area contributed by atoms with Crippen molar-refractivity contribution in [3.63, 3.8) is 0 Å². The fourth-order valence-electron chi connectivity index (χ4n) is 1.72. The molecule has 8 nitrogen and oxygen atoms in total. The summed E-state index contributed by atoms with van der Waals surface area (Å²) in [6, 6.07) is 4.18. The van der Waals surface area contributed by atoms with Crippen LogP contribution in [0.2, 0.25) is 0 Å². The topological polar surface area (TPSA) is 106 Å². The fraction of sp³-hybridized carbons (Fsp3) is 0.429. The van der Waals surface area contributed by atoms with Crippen molar-refractivity contribution in [3.05, 3.63) is 28.3 Å². The minimum absolute atomic E-state index is 0.00940. The third-order valence-electron chi connectivity index (χ3n) is 3.05. The highest BCUT2D eigenvalue weighted by atomic mass is 35.6. The number of nitro benzene ring substituents is 1. The lowest BCUT2D eigenvalue weighted by Crippen LogP contribution is -2.56. The first-order valence-electron chi connectivity index (χ1n) is 7.22. The van der Waals surface area contributed by atoms with E-state index in [1.807, 2.05) is 0 Å². The Morgan fingerprint density at radius 3 is 2.38 bits per heavy atom. The molecule has 1 aromatic carbocycles. The van der Waals surface area contributed by atoms with Gasteiger partial charge in [-0.3, -0.25) is 14.9 Å². The molecule has 1 rings (SSSR count). The number of carbonyl (C=O) groups excluding carboxylic acids is 1. The van der Waals surface area contributed by atoms with Crippen LogP contribution in [0.15, 0.2) is 18.2 Å². The number of thiocarbonyl (C=S) groups is 1. The van der Waals surface area contributed by atoms with Crippen molar-refractivity contribution in [3.8, 4) is 5.75 Å². The zero-order chi connectivity index (χ0) is 20.1. The van der Waals surface area contributed by atoms with E-state index < -0.39 is 14.9 Å². The molecule has 0 bridgehead atoms. The van der Waals surface area contributed by atoms with E-state index >= 15 is 0 Å². The summed E-state index contributed by atoms with van der Waals surface area (Å²) in [4.78, 5) is 22.3. The highest BCUT2D eigenvalue weighted by molar-refractivity contribution is 7.80. The molecule has 1 aromatic rings. The Bertz CT molecular complexity index is 697. The van der Waals surface area contributed by atoms with Crippen LogP contribution in [0.5, 0.6) is 5.75 Å². The zero-order valence-electron chi connectivity index (χ0n) is 14.0. The van der Waals surface area contributed by atoms with Crippen LogP contribution in [0.1, 0.15) is 13.8 Å². The van der Waals surface area contributed by atoms with Crippen molar-refractivity contribution in [2.75, 3.05) is 12.4 Å². The molecule has 12 heteroatoms. The number of anilines is 1. The smallest absolute Gasteiger partial charge is 0.312 e. The molecule has 0 aliphatic rings. The molecule has 0 spiro atoms. The fourth-order valence-corrected chi connectivity index (χ4v) is 2.28. The molecule has 3 N–H and O–H groups in total. The maximum absolute atomic E-state index is 11.9. The number of benzene rings is 1. The largest absolute Gasteiger partial charge is 0.490 e. The Morgan fingerprint density at radius 2 is 1.92 bits per heavy atom. The molecular weight excluding hydrogens is 427 g/mol. The highest BCUT2D eigenvalue weighted by Crippen LogP contribution is 2.31. The third kappa shape index (κ3) is 6.64. The van der Waals surface area contributed by atoms with Crippen LogP contribution in [-0.4, -0.2) is 33.0 Å². The number of nitrogens with one attached hydrogen (secondary N) is 3. The molecule has 0 aromatic heterocycles. The molecule has 0 fully saturated rings. The third-order valence-corrected chi connectivity index (χ3v) is 3.92. The summed E-state index contributed by atoms with van der Waals surface area (Å²) < 4.78 is 3.04. The van der Waals surface area contributed by atoms with E-state index in [-0.39, 0.29) is 28.4 Å². The SMILES string of the molecule is COc1ccc(NC(=S)NC(NC(=O)C(C)C)C(Cl)(Cl)Cl)cc1[N+](=O)[O-]. The normalized spacial score (nSPS) is 12.3. The lowest BCUT2D eigenvalue weighted by atomic mass is 10.2. The van der Waals surface area contributed by atoms with Gasteiger partial charge in [-0.25, -0.2) is 0 Å². The van der Waals surface area contributed by atoms with Crippen molar-refractivity contribution < 1.29 is 14.5 Å². The van der Waals surface area contributed by atoms with Gasteiger partial charge in [0, 0.05) is 17.7 Å². The number of nitrogens with zero attached hydrogens (tertiary/aromatic N) is 1. The van der Waals surface area contributed by atoms with Gasteiger partial charge >= 0.3 is 5.69 Å². The molecule has 0 saturated heterocycles. The summed E-state index contributed by atoms with van der Waals surface area (Å²) in [7, 11) is 1.32. The van der Waals surface area contributed by atoms with E-state index in [0.29, 0.717) is 5.69 Å². The standard InChI is InChI=1S/C14H17Cl3N4O4S/c1-7(2)11(22)19-12(14(15,16)17)20-13(26)18-8-4-5-10(25-3)9(6-8)21(23)24/h4-7,12H,1-3H3,(H,19,22)(H2,18,20,26). The van der Waals surface area contributed by atoms with E-state index in [4.69, 9.17) is 51.8 Å². The van der Waals surface area contributed by atoms with Gasteiger partial charge < -0.3 is 20.7 Å². The van der Waals surface area contributed by atoms with Crippen molar-refractivity contribution in [1.82, 2.24) is 10.6 Å². The predicted octanol–water partition coefficient (Wildman–Crippen LogP) is 3.36. The number of alkyl halides is 3. The summed E-state index contributed by atoms with van der Waals surface area (Å²) in [5, 5.41) is 19.0. The zero-order valence-corrected chi connectivity index (χ0v) is 17.1. The first kappa shape index (κ1) is 22.5. The maximum Gasteiger partial charge on any atom is 0.312 e. The number of halogens is 3. The number of amides is 1. The molecule has 0 aliphatic heterocycles. The number of hydrogen-bond acceptors (Lipinski definition) is 5. The van der Waals surface area contributed by atoms with Crippen LogP contribution in [0.4, 0.5) is 11.4 Å². The van der Waals surface area contributed by atoms with Crippen LogP contribution >= 0.6 is 47.0 Å². The summed E-state index contributed by atoms with van der Waals surface area (Å²) in [6.45, 7) is 3.36. The second kappa shape index (κ2) is 9.40. The van der Waals surface area contributed by atoms with Crippen LogP contribution in [0.25, 0.3) is 0 Å². The molecule has 144 valence electrons. The van der Waals surface area contributed by atoms with Gasteiger partial charge in [-0.05, 0) is 24.4 Å². The number of nitro groups is 1. The lowest BCUT2D eigenvalue weighted by Gasteiger charge is -2.28. The number of ether oxygens (including phenoxy) is 1. The van der Waals surface area contributed by atoms with E-state index in [9.17, 15) is 14.9 Å². The van der Waals surface area contributed by atoms with Gasteiger partial charge in [-0.2, -0.15) is 0 Å². The van der Waals surface area contributed by atoms with Crippen molar-refractivity contribution >= 4 is 69.4 Å². The predicted molar refractivity (Wildman–Crippen MR) is 106 cm³/mol. The molecule has 0 radical (unpaired) electrons. The molecular formula is C14H17Cl3N4O4S. The van der Waals surface area contributed by atoms with Crippen LogP contribution in [-0.2, 0) is 4.79 Å². The van der Waals surface area contributed by atoms with Gasteiger partial charge in [-0.1, -0.05) is 48.7 Å². The van der Waals surface area contributed by atoms with Crippen molar-refractivity contribution in [2.45, 2.75) is 23.8 Å². The number of methoxy groups -OCH3 is 1. The summed E-state index contributed by atoms with van der Waals surface area (Å²) in [5.74, 6) is -0.586. The van der Waals surface area contributed by atoms with Crippen LogP contribution in [0.3, 0.4) is 0 Å². The van der Waals surface area contributed by atoms with E-state index in [0.717, 1.165) is 0 Å².